The van der Waals surface area contributed by atoms with Crippen LogP contribution in [0.4, 0.5) is 0 Å². The van der Waals surface area contributed by atoms with Gasteiger partial charge in [-0.05, 0) is 0 Å². The van der Waals surface area contributed by atoms with Gasteiger partial charge in [-0.25, -0.2) is 13.1 Å². The highest BCUT2D eigenvalue weighted by Crippen LogP contribution is 2.05. The number of piperazine rings is 1. The Morgan fingerprint density at radius 3 is 2.55 bits per heavy atom. The van der Waals surface area contributed by atoms with Crippen LogP contribution in [0, 0.1) is 0 Å². The Morgan fingerprint density at radius 2 is 2.00 bits per heavy atom. The van der Waals surface area contributed by atoms with Gasteiger partial charge >= 0.3 is 0 Å². The number of nitrogens with zero attached hydrogens (tertiary/aromatic N) is 3. The van der Waals surface area contributed by atoms with E-state index < -0.39 is 10.0 Å². The maximum Gasteiger partial charge on any atom is 0.243 e. The van der Waals surface area contributed by atoms with E-state index in [-0.39, 0.29) is 29.7 Å². The zero-order valence-corrected chi connectivity index (χ0v) is 13.7. The summed E-state index contributed by atoms with van der Waals surface area (Å²) in [6, 6.07) is 0. The molecule has 0 aromatic carbocycles. The predicted octanol–water partition coefficient (Wildman–Crippen LogP) is -0.553. The van der Waals surface area contributed by atoms with Gasteiger partial charge < -0.3 is 5.32 Å². The molecule has 0 radical (unpaired) electrons. The summed E-state index contributed by atoms with van der Waals surface area (Å²) in [6.45, 7) is 5.03. The van der Waals surface area contributed by atoms with Crippen LogP contribution in [0.3, 0.4) is 0 Å². The first-order chi connectivity index (χ1) is 8.58. The van der Waals surface area contributed by atoms with Crippen LogP contribution in [0.25, 0.3) is 0 Å². The molecular formula is C10H21Cl2N5O2S. The molecule has 1 aliphatic rings. The summed E-state index contributed by atoms with van der Waals surface area (Å²) < 4.78 is 27.9. The Balaban J connectivity index is 0.00000180. The third-order valence-electron chi connectivity index (χ3n) is 2.92. The number of rotatable bonds is 5. The van der Waals surface area contributed by atoms with Crippen LogP contribution in [0.5, 0.6) is 0 Å². The average Bonchev–Trinajstić information content (AvgIpc) is 2.78. The molecule has 0 bridgehead atoms. The number of nitrogens with one attached hydrogen (secondary N) is 2. The van der Waals surface area contributed by atoms with E-state index in [1.165, 1.54) is 17.1 Å². The predicted molar refractivity (Wildman–Crippen MR) is 82.2 cm³/mol. The molecule has 2 heterocycles. The molecule has 1 saturated heterocycles. The van der Waals surface area contributed by atoms with Crippen LogP contribution in [0.2, 0.25) is 0 Å². The molecule has 0 unspecified atom stereocenters. The monoisotopic (exact) mass is 345 g/mol. The van der Waals surface area contributed by atoms with Crippen molar-refractivity contribution in [1.29, 1.82) is 0 Å². The number of halogens is 2. The van der Waals surface area contributed by atoms with E-state index >= 15 is 0 Å². The fourth-order valence-electron chi connectivity index (χ4n) is 1.89. The van der Waals surface area contributed by atoms with Crippen LogP contribution in [0.1, 0.15) is 0 Å². The molecule has 1 fully saturated rings. The number of hydrogen-bond acceptors (Lipinski definition) is 5. The Labute approximate surface area is 132 Å². The topological polar surface area (TPSA) is 79.3 Å². The van der Waals surface area contributed by atoms with Crippen molar-refractivity contribution in [1.82, 2.24) is 24.7 Å². The molecule has 118 valence electrons. The standard InChI is InChI=1S/C10H19N5O2S.2ClH/c1-14-9-10(8-12-14)18(16,17)13-4-7-15-5-2-11-3-6-15;;/h8-9,11,13H,2-7H2,1H3;2*1H. The van der Waals surface area contributed by atoms with Crippen LogP contribution >= 0.6 is 24.8 Å². The fourth-order valence-corrected chi connectivity index (χ4v) is 2.90. The molecule has 0 saturated carbocycles. The van der Waals surface area contributed by atoms with Crippen molar-refractivity contribution < 1.29 is 8.42 Å². The second kappa shape index (κ2) is 8.81. The van der Waals surface area contributed by atoms with Gasteiger partial charge in [0.1, 0.15) is 4.90 Å². The van der Waals surface area contributed by atoms with Crippen molar-refractivity contribution in [3.63, 3.8) is 0 Å². The average molecular weight is 346 g/mol. The fraction of sp³-hybridized carbons (Fsp3) is 0.700. The summed E-state index contributed by atoms with van der Waals surface area (Å²) in [5, 5.41) is 7.12. The maximum absolute atomic E-state index is 11.9. The van der Waals surface area contributed by atoms with E-state index in [0.29, 0.717) is 6.54 Å². The molecule has 1 aromatic heterocycles. The van der Waals surface area contributed by atoms with Crippen LogP contribution in [0.15, 0.2) is 17.3 Å². The van der Waals surface area contributed by atoms with Crippen LogP contribution in [-0.4, -0.2) is 62.4 Å². The molecule has 2 rings (SSSR count). The first-order valence-corrected chi connectivity index (χ1v) is 7.48. The van der Waals surface area contributed by atoms with Gasteiger partial charge in [-0.2, -0.15) is 5.10 Å². The zero-order valence-electron chi connectivity index (χ0n) is 11.3. The van der Waals surface area contributed by atoms with E-state index in [2.05, 4.69) is 20.0 Å². The molecule has 1 aliphatic heterocycles. The van der Waals surface area contributed by atoms with Crippen LogP contribution in [-0.2, 0) is 17.1 Å². The number of aromatic nitrogens is 2. The first kappa shape index (κ1) is 19.6. The minimum Gasteiger partial charge on any atom is -0.314 e. The van der Waals surface area contributed by atoms with Crippen LogP contribution < -0.4 is 10.0 Å². The molecule has 7 nitrogen and oxygen atoms in total. The number of sulfonamides is 1. The SMILES string of the molecule is Cl.Cl.Cn1cc(S(=O)(=O)NCCN2CCNCC2)cn1. The second-order valence-corrected chi connectivity index (χ2v) is 6.11. The molecule has 0 aliphatic carbocycles. The lowest BCUT2D eigenvalue weighted by molar-refractivity contribution is 0.245. The Kier molecular flexibility index (Phi) is 8.64. The van der Waals surface area contributed by atoms with Crippen molar-refractivity contribution in [3.8, 4) is 0 Å². The van der Waals surface area contributed by atoms with Crippen molar-refractivity contribution in [2.45, 2.75) is 4.90 Å². The van der Waals surface area contributed by atoms with Gasteiger partial charge in [0, 0.05) is 52.5 Å². The van der Waals surface area contributed by atoms with E-state index in [1.807, 2.05) is 0 Å². The lowest BCUT2D eigenvalue weighted by Gasteiger charge is -2.26. The lowest BCUT2D eigenvalue weighted by atomic mass is 10.3. The zero-order chi connectivity index (χ0) is 13.0. The summed E-state index contributed by atoms with van der Waals surface area (Å²) >= 11 is 0. The second-order valence-electron chi connectivity index (χ2n) is 4.34. The van der Waals surface area contributed by atoms with Gasteiger partial charge in [-0.1, -0.05) is 0 Å². The highest BCUT2D eigenvalue weighted by molar-refractivity contribution is 7.89. The van der Waals surface area contributed by atoms with Crippen molar-refractivity contribution in [2.75, 3.05) is 39.3 Å². The Bertz CT molecular complexity index is 488. The van der Waals surface area contributed by atoms with Gasteiger partial charge in [0.2, 0.25) is 10.0 Å². The Hall–Kier alpha value is -0.380. The van der Waals surface area contributed by atoms with E-state index in [1.54, 1.807) is 7.05 Å². The third kappa shape index (κ3) is 5.55. The maximum atomic E-state index is 11.9. The summed E-state index contributed by atoms with van der Waals surface area (Å²) in [6.07, 6.45) is 2.85. The van der Waals surface area contributed by atoms with E-state index in [0.717, 1.165) is 32.7 Å². The smallest absolute Gasteiger partial charge is 0.243 e. The highest BCUT2D eigenvalue weighted by Gasteiger charge is 2.16. The molecular weight excluding hydrogens is 325 g/mol. The molecule has 1 aromatic rings. The lowest BCUT2D eigenvalue weighted by Crippen LogP contribution is -2.46. The molecule has 2 N–H and O–H groups in total. The molecule has 20 heavy (non-hydrogen) atoms. The van der Waals surface area contributed by atoms with E-state index in [4.69, 9.17) is 0 Å². The molecule has 0 spiro atoms. The van der Waals surface area contributed by atoms with Crippen molar-refractivity contribution in [2.24, 2.45) is 7.05 Å². The number of aryl methyl sites for hydroxylation is 1. The summed E-state index contributed by atoms with van der Waals surface area (Å²) in [5.41, 5.74) is 0. The summed E-state index contributed by atoms with van der Waals surface area (Å²) in [4.78, 5) is 2.45. The quantitative estimate of drug-likeness (QED) is 0.748. The summed E-state index contributed by atoms with van der Waals surface area (Å²) in [5.74, 6) is 0. The van der Waals surface area contributed by atoms with Gasteiger partial charge in [-0.3, -0.25) is 9.58 Å². The van der Waals surface area contributed by atoms with E-state index in [9.17, 15) is 8.42 Å². The molecule has 10 heteroatoms. The molecule has 0 amide bonds. The van der Waals surface area contributed by atoms with Gasteiger partial charge in [-0.15, -0.1) is 24.8 Å². The normalized spacial score (nSPS) is 16.2. The van der Waals surface area contributed by atoms with Crippen molar-refractivity contribution in [3.05, 3.63) is 12.4 Å². The van der Waals surface area contributed by atoms with Gasteiger partial charge in [0.05, 0.1) is 6.20 Å². The van der Waals surface area contributed by atoms with Crippen molar-refractivity contribution >= 4 is 34.8 Å². The highest BCUT2D eigenvalue weighted by atomic mass is 35.5. The minimum absolute atomic E-state index is 0. The minimum atomic E-state index is -3.42. The summed E-state index contributed by atoms with van der Waals surface area (Å²) in [7, 11) is -1.72. The third-order valence-corrected chi connectivity index (χ3v) is 4.34. The molecule has 0 atom stereocenters. The number of hydrogen-bond donors (Lipinski definition) is 2. The first-order valence-electron chi connectivity index (χ1n) is 5.99. The Morgan fingerprint density at radius 1 is 1.35 bits per heavy atom. The largest absolute Gasteiger partial charge is 0.314 e. The van der Waals surface area contributed by atoms with Gasteiger partial charge in [0.15, 0.2) is 0 Å². The van der Waals surface area contributed by atoms with Gasteiger partial charge in [0.25, 0.3) is 0 Å².